The number of carbonyl (C=O) groups excluding carboxylic acids is 1. The van der Waals surface area contributed by atoms with E-state index in [4.69, 9.17) is 5.73 Å². The lowest BCUT2D eigenvalue weighted by atomic mass is 9.74. The van der Waals surface area contributed by atoms with Crippen LogP contribution in [0.15, 0.2) is 6.20 Å². The third kappa shape index (κ3) is 4.54. The zero-order chi connectivity index (χ0) is 15.7. The van der Waals surface area contributed by atoms with Gasteiger partial charge in [0.25, 0.3) is 0 Å². The van der Waals surface area contributed by atoms with Crippen LogP contribution in [-0.4, -0.2) is 47.5 Å². The van der Waals surface area contributed by atoms with Gasteiger partial charge in [-0.25, -0.2) is 4.98 Å². The number of hydrogen-bond acceptors (Lipinski definition) is 5. The van der Waals surface area contributed by atoms with E-state index in [0.717, 1.165) is 57.0 Å². The number of hydrogen-bond donors (Lipinski definition) is 1. The number of aryl methyl sites for hydroxylation is 1. The van der Waals surface area contributed by atoms with E-state index in [1.165, 1.54) is 4.88 Å². The zero-order valence-electron chi connectivity index (χ0n) is 14.4. The van der Waals surface area contributed by atoms with Crippen molar-refractivity contribution < 1.29 is 4.79 Å². The number of piperazine rings is 1. The van der Waals surface area contributed by atoms with Crippen molar-refractivity contribution in [3.05, 3.63) is 11.1 Å². The predicted octanol–water partition coefficient (Wildman–Crippen LogP) is 2.85. The molecule has 1 aliphatic heterocycles. The minimum Gasteiger partial charge on any atom is -0.345 e. The average Bonchev–Trinajstić information content (AvgIpc) is 2.93. The summed E-state index contributed by atoms with van der Waals surface area (Å²) in [4.78, 5) is 22.8. The number of anilines is 1. The molecule has 8 heteroatoms. The van der Waals surface area contributed by atoms with E-state index in [1.807, 2.05) is 18.0 Å². The molecular formula is C16H28Cl2N4OS. The fourth-order valence-corrected chi connectivity index (χ4v) is 4.40. The Morgan fingerprint density at radius 2 is 1.96 bits per heavy atom. The van der Waals surface area contributed by atoms with Gasteiger partial charge in [-0.15, -0.1) is 36.2 Å². The summed E-state index contributed by atoms with van der Waals surface area (Å²) in [7, 11) is 0. The van der Waals surface area contributed by atoms with Crippen LogP contribution in [-0.2, 0) is 4.79 Å². The minimum absolute atomic E-state index is 0. The van der Waals surface area contributed by atoms with Crippen LogP contribution < -0.4 is 10.6 Å². The second kappa shape index (κ2) is 8.70. The van der Waals surface area contributed by atoms with Crippen LogP contribution in [0, 0.1) is 12.8 Å². The van der Waals surface area contributed by atoms with E-state index >= 15 is 0 Å². The second-order valence-corrected chi connectivity index (χ2v) is 8.08. The van der Waals surface area contributed by atoms with E-state index in [1.54, 1.807) is 11.3 Å². The number of halogens is 2. The quantitative estimate of drug-likeness (QED) is 0.837. The molecule has 2 heterocycles. The molecule has 1 amide bonds. The van der Waals surface area contributed by atoms with E-state index in [0.29, 0.717) is 0 Å². The van der Waals surface area contributed by atoms with Crippen LogP contribution >= 0.6 is 36.2 Å². The van der Waals surface area contributed by atoms with Crippen molar-refractivity contribution in [3.63, 3.8) is 0 Å². The summed E-state index contributed by atoms with van der Waals surface area (Å²) < 4.78 is 0. The molecule has 1 aromatic heterocycles. The molecule has 0 radical (unpaired) electrons. The Bertz CT molecular complexity index is 544. The smallest absolute Gasteiger partial charge is 0.227 e. The Morgan fingerprint density at radius 3 is 2.50 bits per heavy atom. The summed E-state index contributed by atoms with van der Waals surface area (Å²) in [6.45, 7) is 7.42. The minimum atomic E-state index is -0.334. The normalized spacial score (nSPS) is 27.2. The molecule has 24 heavy (non-hydrogen) atoms. The highest BCUT2D eigenvalue weighted by atomic mass is 35.5. The molecule has 0 aromatic carbocycles. The first-order chi connectivity index (χ1) is 10.5. The summed E-state index contributed by atoms with van der Waals surface area (Å²) >= 11 is 1.72. The van der Waals surface area contributed by atoms with Gasteiger partial charge in [-0.2, -0.15) is 0 Å². The van der Waals surface area contributed by atoms with Crippen molar-refractivity contribution in [2.75, 3.05) is 31.1 Å². The highest BCUT2D eigenvalue weighted by molar-refractivity contribution is 7.15. The summed E-state index contributed by atoms with van der Waals surface area (Å²) in [6.07, 6.45) is 6.09. The summed E-state index contributed by atoms with van der Waals surface area (Å²) in [5, 5.41) is 1.07. The van der Waals surface area contributed by atoms with Gasteiger partial charge in [0.2, 0.25) is 5.91 Å². The van der Waals surface area contributed by atoms with Crippen molar-refractivity contribution in [1.82, 2.24) is 9.88 Å². The monoisotopic (exact) mass is 394 g/mol. The van der Waals surface area contributed by atoms with Crippen LogP contribution in [0.2, 0.25) is 0 Å². The maximum absolute atomic E-state index is 12.8. The number of nitrogens with two attached hydrogens (primary N) is 1. The molecule has 1 aromatic rings. The topological polar surface area (TPSA) is 62.5 Å². The van der Waals surface area contributed by atoms with E-state index in [9.17, 15) is 4.79 Å². The molecule has 1 saturated heterocycles. The van der Waals surface area contributed by atoms with Crippen LogP contribution in [0.3, 0.4) is 0 Å². The van der Waals surface area contributed by atoms with Crippen molar-refractivity contribution >= 4 is 47.2 Å². The van der Waals surface area contributed by atoms with E-state index < -0.39 is 0 Å². The van der Waals surface area contributed by atoms with Gasteiger partial charge in [0.05, 0.1) is 5.92 Å². The van der Waals surface area contributed by atoms with Gasteiger partial charge in [-0.3, -0.25) is 4.79 Å². The largest absolute Gasteiger partial charge is 0.345 e. The molecule has 2 N–H and O–H groups in total. The summed E-state index contributed by atoms with van der Waals surface area (Å²) in [6, 6.07) is 0. The van der Waals surface area contributed by atoms with Crippen molar-refractivity contribution in [3.8, 4) is 0 Å². The number of thiazole rings is 1. The molecule has 5 nitrogen and oxygen atoms in total. The molecular weight excluding hydrogens is 367 g/mol. The molecule has 2 atom stereocenters. The second-order valence-electron chi connectivity index (χ2n) is 6.87. The molecule has 2 aliphatic rings. The van der Waals surface area contributed by atoms with Crippen molar-refractivity contribution in [1.29, 1.82) is 0 Å². The van der Waals surface area contributed by atoms with Gasteiger partial charge in [0, 0.05) is 42.8 Å². The predicted molar refractivity (Wildman–Crippen MR) is 105 cm³/mol. The number of nitrogens with zero attached hydrogens (tertiary/aromatic N) is 3. The van der Waals surface area contributed by atoms with Gasteiger partial charge in [0.15, 0.2) is 5.13 Å². The average molecular weight is 395 g/mol. The highest BCUT2D eigenvalue weighted by Crippen LogP contribution is 2.33. The Morgan fingerprint density at radius 1 is 1.29 bits per heavy atom. The lowest BCUT2D eigenvalue weighted by Crippen LogP contribution is -2.57. The van der Waals surface area contributed by atoms with Crippen LogP contribution in [0.1, 0.15) is 37.5 Å². The Balaban J connectivity index is 0.00000144. The Labute approximate surface area is 160 Å². The molecule has 0 spiro atoms. The van der Waals surface area contributed by atoms with Crippen molar-refractivity contribution in [2.24, 2.45) is 11.7 Å². The van der Waals surface area contributed by atoms with Gasteiger partial charge < -0.3 is 15.5 Å². The van der Waals surface area contributed by atoms with Gasteiger partial charge in [-0.05, 0) is 26.7 Å². The SMILES string of the molecule is Cc1cnc(N2CCN(C(=O)C3CCCCC3(C)N)CC2)s1.Cl.Cl. The molecule has 1 saturated carbocycles. The number of carbonyl (C=O) groups is 1. The van der Waals surface area contributed by atoms with E-state index in [2.05, 4.69) is 16.8 Å². The van der Waals surface area contributed by atoms with Crippen LogP contribution in [0.25, 0.3) is 0 Å². The maximum Gasteiger partial charge on any atom is 0.227 e. The number of aromatic nitrogens is 1. The molecule has 2 unspecified atom stereocenters. The molecule has 138 valence electrons. The van der Waals surface area contributed by atoms with E-state index in [-0.39, 0.29) is 42.2 Å². The van der Waals surface area contributed by atoms with Crippen molar-refractivity contribution in [2.45, 2.75) is 45.1 Å². The molecule has 2 fully saturated rings. The highest BCUT2D eigenvalue weighted by Gasteiger charge is 2.40. The first-order valence-corrected chi connectivity index (χ1v) is 9.04. The van der Waals surface area contributed by atoms with Crippen LogP contribution in [0.4, 0.5) is 5.13 Å². The molecule has 0 bridgehead atoms. The first kappa shape index (κ1) is 21.5. The number of rotatable bonds is 2. The maximum atomic E-state index is 12.8. The Kier molecular flexibility index (Phi) is 7.78. The van der Waals surface area contributed by atoms with Crippen LogP contribution in [0.5, 0.6) is 0 Å². The van der Waals surface area contributed by atoms with Gasteiger partial charge in [-0.1, -0.05) is 12.8 Å². The molecule has 3 rings (SSSR count). The standard InChI is InChI=1S/C16H26N4OS.2ClH/c1-12-11-18-15(22-12)20-9-7-19(8-10-20)14(21)13-5-3-4-6-16(13,2)17;;/h11,13H,3-10,17H2,1-2H3;2*1H. The lowest BCUT2D eigenvalue weighted by molar-refractivity contribution is -0.139. The van der Waals surface area contributed by atoms with Gasteiger partial charge >= 0.3 is 0 Å². The summed E-state index contributed by atoms with van der Waals surface area (Å²) in [5.41, 5.74) is 6.05. The third-order valence-electron chi connectivity index (χ3n) is 5.02. The Hall–Kier alpha value is -0.560. The zero-order valence-corrected chi connectivity index (χ0v) is 16.8. The first-order valence-electron chi connectivity index (χ1n) is 8.22. The fourth-order valence-electron chi connectivity index (χ4n) is 3.59. The lowest BCUT2D eigenvalue weighted by Gasteiger charge is -2.42. The number of amides is 1. The molecule has 1 aliphatic carbocycles. The fraction of sp³-hybridized carbons (Fsp3) is 0.750. The van der Waals surface area contributed by atoms with Gasteiger partial charge in [0.1, 0.15) is 0 Å². The third-order valence-corrected chi connectivity index (χ3v) is 6.00. The summed E-state index contributed by atoms with van der Waals surface area (Å²) in [5.74, 6) is 0.259.